The Bertz CT molecular complexity index is 1360. The van der Waals surface area contributed by atoms with Gasteiger partial charge >= 0.3 is 0 Å². The number of aromatic nitrogens is 4. The molecule has 1 aliphatic rings. The Morgan fingerprint density at radius 3 is 2.55 bits per heavy atom. The molecule has 5 rings (SSSR count). The van der Waals surface area contributed by atoms with Crippen LogP contribution in [-0.4, -0.2) is 45.6 Å². The van der Waals surface area contributed by atoms with E-state index in [4.69, 9.17) is 0 Å². The largest absolute Gasteiger partial charge is 0.270 e. The number of sulfonamides is 1. The van der Waals surface area contributed by atoms with Gasteiger partial charge in [-0.2, -0.15) is 4.31 Å². The van der Waals surface area contributed by atoms with Crippen LogP contribution < -0.4 is 0 Å². The Morgan fingerprint density at radius 2 is 1.82 bits per heavy atom. The van der Waals surface area contributed by atoms with Gasteiger partial charge in [-0.3, -0.25) is 4.57 Å². The first-order valence-electron chi connectivity index (χ1n) is 10.7. The van der Waals surface area contributed by atoms with Crippen LogP contribution in [0.1, 0.15) is 23.5 Å². The van der Waals surface area contributed by atoms with Crippen LogP contribution in [0, 0.1) is 6.92 Å². The summed E-state index contributed by atoms with van der Waals surface area (Å²) >= 11 is 3.19. The second-order valence-corrected chi connectivity index (χ2v) is 11.7. The van der Waals surface area contributed by atoms with Gasteiger partial charge < -0.3 is 0 Å². The van der Waals surface area contributed by atoms with Crippen LogP contribution >= 0.6 is 23.1 Å². The molecule has 1 aliphatic heterocycles. The summed E-state index contributed by atoms with van der Waals surface area (Å²) in [5, 5.41) is 12.7. The Morgan fingerprint density at radius 1 is 1.03 bits per heavy atom. The van der Waals surface area contributed by atoms with Crippen LogP contribution in [0.5, 0.6) is 0 Å². The molecular formula is C23H23N5O2S3. The fraction of sp³-hybridized carbons (Fsp3) is 0.261. The molecule has 0 saturated carbocycles. The molecule has 0 unspecified atom stereocenters. The minimum Gasteiger partial charge on any atom is -0.270 e. The number of rotatable bonds is 7. The predicted octanol–water partition coefficient (Wildman–Crippen LogP) is 4.78. The molecule has 0 aliphatic carbocycles. The van der Waals surface area contributed by atoms with Gasteiger partial charge in [-0.05, 0) is 44.0 Å². The Hall–Kier alpha value is -2.53. The molecule has 0 N–H and O–H groups in total. The van der Waals surface area contributed by atoms with E-state index in [-0.39, 0.29) is 4.90 Å². The van der Waals surface area contributed by atoms with Crippen molar-refractivity contribution >= 4 is 33.1 Å². The van der Waals surface area contributed by atoms with Crippen molar-refractivity contribution in [2.75, 3.05) is 13.1 Å². The number of para-hydroxylation sites is 1. The first kappa shape index (κ1) is 22.3. The summed E-state index contributed by atoms with van der Waals surface area (Å²) in [4.78, 5) is 4.83. The second kappa shape index (κ2) is 9.38. The van der Waals surface area contributed by atoms with Crippen LogP contribution in [0.3, 0.4) is 0 Å². The molecule has 1 saturated heterocycles. The molecule has 170 valence electrons. The third kappa shape index (κ3) is 4.61. The molecule has 10 heteroatoms. The zero-order valence-corrected chi connectivity index (χ0v) is 20.5. The lowest BCUT2D eigenvalue weighted by molar-refractivity contribution is 0.477. The van der Waals surface area contributed by atoms with E-state index in [1.165, 1.54) is 0 Å². The van der Waals surface area contributed by atoms with Crippen molar-refractivity contribution in [2.45, 2.75) is 35.6 Å². The molecule has 4 aromatic rings. The quantitative estimate of drug-likeness (QED) is 0.342. The third-order valence-corrected chi connectivity index (χ3v) is 9.14. The van der Waals surface area contributed by atoms with Gasteiger partial charge in [0.1, 0.15) is 0 Å². The number of nitrogens with zero attached hydrogens (tertiary/aromatic N) is 5. The van der Waals surface area contributed by atoms with Crippen molar-refractivity contribution in [2.24, 2.45) is 0 Å². The van der Waals surface area contributed by atoms with E-state index in [0.29, 0.717) is 30.2 Å². The van der Waals surface area contributed by atoms with Gasteiger partial charge in [-0.15, -0.1) is 21.5 Å². The lowest BCUT2D eigenvalue weighted by Crippen LogP contribution is -2.27. The lowest BCUT2D eigenvalue weighted by Gasteiger charge is -2.16. The average molecular weight is 498 g/mol. The zero-order chi connectivity index (χ0) is 22.8. The molecule has 0 bridgehead atoms. The van der Waals surface area contributed by atoms with Crippen LogP contribution in [0.15, 0.2) is 70.0 Å². The Kier molecular flexibility index (Phi) is 6.33. The highest BCUT2D eigenvalue weighted by Crippen LogP contribution is 2.31. The summed E-state index contributed by atoms with van der Waals surface area (Å²) in [5.41, 5.74) is 2.63. The van der Waals surface area contributed by atoms with Gasteiger partial charge in [0.05, 0.1) is 15.6 Å². The fourth-order valence-electron chi connectivity index (χ4n) is 3.85. The third-order valence-electron chi connectivity index (χ3n) is 5.46. The SMILES string of the molecule is Cc1nc(CSc2nnc(-c3cccc(S(=O)(=O)N4CCCC4)c3)n2-c2ccccc2)cs1. The lowest BCUT2D eigenvalue weighted by atomic mass is 10.2. The van der Waals surface area contributed by atoms with Crippen LogP contribution in [0.2, 0.25) is 0 Å². The summed E-state index contributed by atoms with van der Waals surface area (Å²) in [6, 6.07) is 16.9. The molecule has 0 amide bonds. The van der Waals surface area contributed by atoms with E-state index >= 15 is 0 Å². The molecule has 33 heavy (non-hydrogen) atoms. The number of benzene rings is 2. The predicted molar refractivity (Wildman–Crippen MR) is 131 cm³/mol. The van der Waals surface area contributed by atoms with Crippen LogP contribution in [-0.2, 0) is 15.8 Å². The fourth-order valence-corrected chi connectivity index (χ4v) is 6.97. The van der Waals surface area contributed by atoms with Gasteiger partial charge in [0.15, 0.2) is 11.0 Å². The second-order valence-electron chi connectivity index (χ2n) is 7.76. The molecule has 1 fully saturated rings. The Labute approximate surface area is 201 Å². The van der Waals surface area contributed by atoms with Crippen molar-refractivity contribution in [1.82, 2.24) is 24.1 Å². The highest BCUT2D eigenvalue weighted by molar-refractivity contribution is 7.98. The minimum atomic E-state index is -3.52. The van der Waals surface area contributed by atoms with E-state index in [1.54, 1.807) is 45.6 Å². The Balaban J connectivity index is 1.53. The number of hydrogen-bond donors (Lipinski definition) is 0. The molecule has 0 atom stereocenters. The zero-order valence-electron chi connectivity index (χ0n) is 18.1. The van der Waals surface area contributed by atoms with E-state index in [0.717, 1.165) is 34.4 Å². The minimum absolute atomic E-state index is 0.289. The van der Waals surface area contributed by atoms with Crippen molar-refractivity contribution in [3.05, 3.63) is 70.7 Å². The van der Waals surface area contributed by atoms with Gasteiger partial charge in [0.25, 0.3) is 0 Å². The molecule has 7 nitrogen and oxygen atoms in total. The maximum absolute atomic E-state index is 13.1. The molecule has 2 aromatic carbocycles. The van der Waals surface area contributed by atoms with E-state index < -0.39 is 10.0 Å². The summed E-state index contributed by atoms with van der Waals surface area (Å²) in [6.45, 7) is 3.14. The van der Waals surface area contributed by atoms with E-state index in [9.17, 15) is 8.42 Å². The van der Waals surface area contributed by atoms with Crippen LogP contribution in [0.4, 0.5) is 0 Å². The van der Waals surface area contributed by atoms with Gasteiger partial charge in [-0.25, -0.2) is 13.4 Å². The van der Waals surface area contributed by atoms with E-state index in [1.807, 2.05) is 47.9 Å². The molecular weight excluding hydrogens is 474 g/mol. The van der Waals surface area contributed by atoms with Gasteiger partial charge in [0.2, 0.25) is 10.0 Å². The maximum Gasteiger partial charge on any atom is 0.243 e. The number of aryl methyl sites for hydroxylation is 1. The van der Waals surface area contributed by atoms with Gasteiger partial charge in [-0.1, -0.05) is 42.1 Å². The topological polar surface area (TPSA) is 81.0 Å². The summed E-state index contributed by atoms with van der Waals surface area (Å²) < 4.78 is 29.8. The molecule has 0 radical (unpaired) electrons. The van der Waals surface area contributed by atoms with Crippen molar-refractivity contribution in [3.63, 3.8) is 0 Å². The summed E-state index contributed by atoms with van der Waals surface area (Å²) in [6.07, 6.45) is 1.81. The number of thiazole rings is 1. The molecule has 0 spiro atoms. The molecule has 3 heterocycles. The maximum atomic E-state index is 13.1. The molecule has 2 aromatic heterocycles. The van der Waals surface area contributed by atoms with Crippen molar-refractivity contribution < 1.29 is 8.42 Å². The van der Waals surface area contributed by atoms with Gasteiger partial charge in [0, 0.05) is 35.5 Å². The highest BCUT2D eigenvalue weighted by Gasteiger charge is 2.28. The number of hydrogen-bond acceptors (Lipinski definition) is 7. The highest BCUT2D eigenvalue weighted by atomic mass is 32.2. The van der Waals surface area contributed by atoms with Crippen molar-refractivity contribution in [1.29, 1.82) is 0 Å². The first-order chi connectivity index (χ1) is 16.0. The smallest absolute Gasteiger partial charge is 0.243 e. The summed E-state index contributed by atoms with van der Waals surface area (Å²) in [7, 11) is -3.52. The monoisotopic (exact) mass is 497 g/mol. The summed E-state index contributed by atoms with van der Waals surface area (Å²) in [5.74, 6) is 1.29. The first-order valence-corrected chi connectivity index (χ1v) is 14.0. The van der Waals surface area contributed by atoms with E-state index in [2.05, 4.69) is 20.6 Å². The standard InChI is InChI=1S/C23H23N5O2S3/c1-17-24-19(15-31-17)16-32-23-26-25-22(28(23)20-9-3-2-4-10-20)18-8-7-11-21(14-18)33(29,30)27-12-5-6-13-27/h2-4,7-11,14-15H,5-6,12-13,16H2,1H3. The van der Waals surface area contributed by atoms with Crippen LogP contribution in [0.25, 0.3) is 17.1 Å². The normalized spacial score (nSPS) is 14.7. The number of thioether (sulfide) groups is 1. The van der Waals surface area contributed by atoms with Crippen molar-refractivity contribution in [3.8, 4) is 17.1 Å². The average Bonchev–Trinajstić information content (AvgIpc) is 3.59.